The van der Waals surface area contributed by atoms with Crippen LogP contribution in [-0.2, 0) is 18.2 Å². The molecule has 0 aromatic carbocycles. The van der Waals surface area contributed by atoms with E-state index >= 15 is 0 Å². The Morgan fingerprint density at radius 3 is 1.51 bits per heavy atom. The second kappa shape index (κ2) is 37.5. The summed E-state index contributed by atoms with van der Waals surface area (Å²) in [6.07, 6.45) is 23.6. The standard InChI is InChI=1S/C16H35O3P.C15H33O3P.2Nd/c1-5-8-10-11-12-15(4)19-20(17,18)14-16(7-3)13-9-6-2;1-3-5-7-9-10-12-14-15(18-19(16)17)13-11-8-6-4-2;;/h15-16H,5-14H2,1-4H3,(H,17,18);15,19H,3-14H2,1-2H3,(H,16,17);;/q;;2*+3/p-2. The summed E-state index contributed by atoms with van der Waals surface area (Å²) in [6, 6.07) is 0. The van der Waals surface area contributed by atoms with Crippen molar-refractivity contribution in [3.05, 3.63) is 0 Å². The number of hydrogen-bond acceptors (Lipinski definition) is 6. The van der Waals surface area contributed by atoms with E-state index in [4.69, 9.17) is 9.05 Å². The van der Waals surface area contributed by atoms with Crippen LogP contribution in [-0.4, -0.2) is 18.4 Å². The normalized spacial score (nSPS) is 15.3. The van der Waals surface area contributed by atoms with Crippen molar-refractivity contribution in [3.63, 3.8) is 0 Å². The number of rotatable bonds is 27. The van der Waals surface area contributed by atoms with Crippen LogP contribution in [0.5, 0.6) is 0 Å². The van der Waals surface area contributed by atoms with Crippen molar-refractivity contribution < 1.29 is 110 Å². The summed E-state index contributed by atoms with van der Waals surface area (Å²) in [7, 11) is -6.69. The maximum absolute atomic E-state index is 12.1. The molecule has 240 valence electrons. The maximum atomic E-state index is 12.1. The molecule has 0 saturated carbocycles. The third-order valence-corrected chi connectivity index (χ3v) is 9.52. The average Bonchev–Trinajstić information content (AvgIpc) is 2.88. The zero-order valence-corrected chi connectivity index (χ0v) is 36.0. The van der Waals surface area contributed by atoms with Crippen LogP contribution in [0.1, 0.15) is 176 Å². The van der Waals surface area contributed by atoms with Crippen molar-refractivity contribution in [3.8, 4) is 0 Å². The first-order valence-corrected chi connectivity index (χ1v) is 19.5. The molecular weight excluding hydrogens is 819 g/mol. The average molecular weight is 885 g/mol. The third kappa shape index (κ3) is 39.1. The van der Waals surface area contributed by atoms with Crippen molar-refractivity contribution in [2.75, 3.05) is 6.16 Å². The van der Waals surface area contributed by atoms with E-state index in [0.717, 1.165) is 64.2 Å². The largest absolute Gasteiger partial charge is 3.00 e. The predicted molar refractivity (Wildman–Crippen MR) is 166 cm³/mol. The minimum Gasteiger partial charge on any atom is -0.781 e. The van der Waals surface area contributed by atoms with Gasteiger partial charge in [-0.05, 0) is 38.5 Å². The fourth-order valence-corrected chi connectivity index (χ4v) is 7.13. The molecule has 0 rings (SSSR count). The molecule has 0 amide bonds. The minimum atomic E-state index is -3.67. The van der Waals surface area contributed by atoms with Crippen LogP contribution in [0, 0.1) is 87.6 Å². The Balaban J connectivity index is -0.000000319. The Kier molecular flexibility index (Phi) is 46.5. The van der Waals surface area contributed by atoms with Gasteiger partial charge in [0.25, 0.3) is 0 Å². The van der Waals surface area contributed by atoms with Gasteiger partial charge in [-0.2, -0.15) is 0 Å². The van der Waals surface area contributed by atoms with Crippen molar-refractivity contribution in [1.29, 1.82) is 0 Å². The predicted octanol–water partition coefficient (Wildman–Crippen LogP) is 9.97. The summed E-state index contributed by atoms with van der Waals surface area (Å²) in [5, 5.41) is 0. The summed E-state index contributed by atoms with van der Waals surface area (Å²) in [4.78, 5) is 22.8. The first-order valence-electron chi connectivity index (χ1n) is 16.5. The van der Waals surface area contributed by atoms with Crippen LogP contribution in [0.2, 0.25) is 0 Å². The van der Waals surface area contributed by atoms with Crippen molar-refractivity contribution >= 4 is 15.9 Å². The van der Waals surface area contributed by atoms with Gasteiger partial charge >= 0.3 is 81.7 Å². The molecule has 5 unspecified atom stereocenters. The first kappa shape index (κ1) is 50.8. The number of hydrogen-bond donors (Lipinski definition) is 0. The fraction of sp³-hybridized carbons (Fsp3) is 1.00. The van der Waals surface area contributed by atoms with Crippen molar-refractivity contribution in [2.24, 2.45) is 5.92 Å². The molecule has 0 aliphatic carbocycles. The molecule has 0 saturated heterocycles. The van der Waals surface area contributed by atoms with E-state index < -0.39 is 15.9 Å². The molecule has 0 bridgehead atoms. The molecule has 0 fully saturated rings. The van der Waals surface area contributed by atoms with Crippen LogP contribution in [0.3, 0.4) is 0 Å². The van der Waals surface area contributed by atoms with Gasteiger partial charge in [0, 0.05) is 6.16 Å². The first-order chi connectivity index (χ1) is 18.6. The maximum Gasteiger partial charge on any atom is 3.00 e. The van der Waals surface area contributed by atoms with Crippen LogP contribution >= 0.6 is 15.9 Å². The summed E-state index contributed by atoms with van der Waals surface area (Å²) in [5.74, 6) is 0.255. The molecule has 5 atom stereocenters. The molecule has 0 N–H and O–H groups in total. The van der Waals surface area contributed by atoms with Crippen molar-refractivity contribution in [2.45, 2.75) is 189 Å². The number of unbranched alkanes of at least 4 members (excludes halogenated alkanes) is 12. The summed E-state index contributed by atoms with van der Waals surface area (Å²) >= 11 is 0. The molecule has 0 aromatic rings. The SMILES string of the molecule is CCCCCCC(C)OP(=O)([O-])CC(CC)CCCC.CCCCCCCCC(CCCCCC)O[PH](=O)[O-].[Nd+3].[Nd+3]. The Morgan fingerprint density at radius 2 is 1.07 bits per heavy atom. The fourth-order valence-electron chi connectivity index (χ4n) is 4.81. The molecule has 0 heterocycles. The topological polar surface area (TPSA) is 98.7 Å². The smallest absolute Gasteiger partial charge is 0.781 e. The quantitative estimate of drug-likeness (QED) is 0.0602. The Labute approximate surface area is 322 Å². The van der Waals surface area contributed by atoms with Gasteiger partial charge in [-0.25, -0.2) is 0 Å². The molecule has 10 heteroatoms. The molecule has 0 spiro atoms. The van der Waals surface area contributed by atoms with Gasteiger partial charge < -0.3 is 28.0 Å². The van der Waals surface area contributed by atoms with Crippen LogP contribution in [0.4, 0.5) is 0 Å². The van der Waals surface area contributed by atoms with E-state index in [1.54, 1.807) is 0 Å². The van der Waals surface area contributed by atoms with Crippen LogP contribution in [0.25, 0.3) is 0 Å². The van der Waals surface area contributed by atoms with E-state index in [2.05, 4.69) is 34.6 Å². The molecule has 41 heavy (non-hydrogen) atoms. The van der Waals surface area contributed by atoms with E-state index in [0.29, 0.717) is 0 Å². The minimum absolute atomic E-state index is 0. The molecule has 0 aliphatic heterocycles. The Morgan fingerprint density at radius 1 is 0.659 bits per heavy atom. The van der Waals surface area contributed by atoms with Gasteiger partial charge in [0.05, 0.1) is 12.2 Å². The van der Waals surface area contributed by atoms with E-state index in [-0.39, 0.29) is 106 Å². The van der Waals surface area contributed by atoms with Gasteiger partial charge in [-0.3, -0.25) is 0 Å². The van der Waals surface area contributed by atoms with Gasteiger partial charge in [-0.1, -0.05) is 144 Å². The van der Waals surface area contributed by atoms with Gasteiger partial charge in [0.2, 0.25) is 0 Å². The van der Waals surface area contributed by atoms with Gasteiger partial charge in [-0.15, -0.1) is 0 Å². The molecule has 0 aromatic heterocycles. The summed E-state index contributed by atoms with van der Waals surface area (Å²) in [6.45, 7) is 12.6. The summed E-state index contributed by atoms with van der Waals surface area (Å²) in [5.41, 5.74) is 0. The van der Waals surface area contributed by atoms with E-state index in [1.807, 2.05) is 6.92 Å². The van der Waals surface area contributed by atoms with Gasteiger partial charge in [0.15, 0.2) is 0 Å². The van der Waals surface area contributed by atoms with Crippen LogP contribution < -0.4 is 9.79 Å². The second-order valence-electron chi connectivity index (χ2n) is 11.4. The molecule has 2 radical (unpaired) electrons. The molecule has 6 nitrogen and oxygen atoms in total. The summed E-state index contributed by atoms with van der Waals surface area (Å²) < 4.78 is 33.2. The monoisotopic (exact) mass is 880 g/mol. The van der Waals surface area contributed by atoms with E-state index in [9.17, 15) is 18.9 Å². The van der Waals surface area contributed by atoms with E-state index in [1.165, 1.54) is 70.6 Å². The van der Waals surface area contributed by atoms with Crippen LogP contribution in [0.15, 0.2) is 0 Å². The Bertz CT molecular complexity index is 587. The third-order valence-electron chi connectivity index (χ3n) is 7.35. The molecule has 0 aliphatic rings. The zero-order chi connectivity index (χ0) is 29.8. The molecular formula is C31H66Nd2O6P2+4. The second-order valence-corrected chi connectivity index (χ2v) is 13.9. The van der Waals surface area contributed by atoms with Gasteiger partial charge in [0.1, 0.15) is 15.9 Å². The van der Waals surface area contributed by atoms with Crippen molar-refractivity contribution in [1.82, 2.24) is 0 Å². The Hall–Kier alpha value is 3.00. The zero-order valence-electron chi connectivity index (χ0n) is 27.7.